The maximum absolute atomic E-state index is 5.89. The Kier molecular flexibility index (Phi) is 2.70. The van der Waals surface area contributed by atoms with Gasteiger partial charge in [-0.05, 0) is 24.6 Å². The van der Waals surface area contributed by atoms with E-state index in [2.05, 4.69) is 23.0 Å². The number of imidazole rings is 1. The van der Waals surface area contributed by atoms with Crippen LogP contribution in [0.25, 0.3) is 11.0 Å². The zero-order chi connectivity index (χ0) is 10.8. The van der Waals surface area contributed by atoms with Crippen molar-refractivity contribution in [2.24, 2.45) is 5.73 Å². The normalized spacial score (nSPS) is 13.3. The zero-order valence-corrected chi connectivity index (χ0v) is 8.95. The summed E-state index contributed by atoms with van der Waals surface area (Å²) in [5.41, 5.74) is 9.07. The van der Waals surface area contributed by atoms with Crippen LogP contribution >= 0.6 is 0 Å². The lowest BCUT2D eigenvalue weighted by molar-refractivity contribution is 0.178. The number of H-pyrrole nitrogens is 1. The molecule has 0 aliphatic rings. The molecular weight excluding hydrogens is 190 g/mol. The van der Waals surface area contributed by atoms with Crippen LogP contribution in [0.2, 0.25) is 0 Å². The number of methoxy groups -OCH3 is 1. The van der Waals surface area contributed by atoms with Gasteiger partial charge in [-0.1, -0.05) is 6.07 Å². The minimum atomic E-state index is -0.192. The Morgan fingerprint density at radius 1 is 1.53 bits per heavy atom. The molecule has 3 N–H and O–H groups in total. The highest BCUT2D eigenvalue weighted by atomic mass is 16.5. The number of fused-ring (bicyclic) bond motifs is 1. The molecule has 1 aromatic heterocycles. The minimum absolute atomic E-state index is 0.192. The van der Waals surface area contributed by atoms with Gasteiger partial charge in [-0.3, -0.25) is 0 Å². The van der Waals surface area contributed by atoms with Gasteiger partial charge in [0, 0.05) is 7.11 Å². The van der Waals surface area contributed by atoms with Crippen LogP contribution in [-0.2, 0) is 4.74 Å². The summed E-state index contributed by atoms with van der Waals surface area (Å²) < 4.78 is 4.99. The second kappa shape index (κ2) is 4.00. The molecule has 15 heavy (non-hydrogen) atoms. The summed E-state index contributed by atoms with van der Waals surface area (Å²) in [6, 6.07) is 5.90. The Hall–Kier alpha value is -1.39. The molecule has 2 aromatic rings. The molecule has 0 aliphatic carbocycles. The third-order valence-electron chi connectivity index (χ3n) is 2.35. The Bertz CT molecular complexity index is 464. The molecule has 4 nitrogen and oxygen atoms in total. The van der Waals surface area contributed by atoms with E-state index < -0.39 is 0 Å². The van der Waals surface area contributed by atoms with Gasteiger partial charge in [0.1, 0.15) is 5.82 Å². The van der Waals surface area contributed by atoms with E-state index in [4.69, 9.17) is 10.5 Å². The third-order valence-corrected chi connectivity index (χ3v) is 2.35. The minimum Gasteiger partial charge on any atom is -0.383 e. The number of hydrogen-bond acceptors (Lipinski definition) is 3. The molecule has 0 amide bonds. The standard InChI is InChI=1S/C11H15N3O/c1-7-3-4-9-10(5-7)14-11(13-9)8(12)6-15-2/h3-5,8H,6,12H2,1-2H3,(H,13,14)/t8-/m0/s1. The van der Waals surface area contributed by atoms with E-state index >= 15 is 0 Å². The summed E-state index contributed by atoms with van der Waals surface area (Å²) in [5, 5.41) is 0. The molecule has 0 spiro atoms. The van der Waals surface area contributed by atoms with Gasteiger partial charge < -0.3 is 15.5 Å². The second-order valence-electron chi connectivity index (χ2n) is 3.70. The Balaban J connectivity index is 2.38. The highest BCUT2D eigenvalue weighted by Crippen LogP contribution is 2.16. The van der Waals surface area contributed by atoms with Crippen LogP contribution in [-0.4, -0.2) is 23.7 Å². The molecule has 0 saturated heterocycles. The molecule has 80 valence electrons. The number of nitrogens with two attached hydrogens (primary N) is 1. The molecule has 1 aromatic carbocycles. The first-order valence-electron chi connectivity index (χ1n) is 4.91. The summed E-state index contributed by atoms with van der Waals surface area (Å²) in [7, 11) is 1.63. The molecule has 0 bridgehead atoms. The Labute approximate surface area is 88.5 Å². The van der Waals surface area contributed by atoms with E-state index in [1.165, 1.54) is 5.56 Å². The number of aryl methyl sites for hydroxylation is 1. The lowest BCUT2D eigenvalue weighted by Gasteiger charge is -2.05. The van der Waals surface area contributed by atoms with Gasteiger partial charge in [-0.2, -0.15) is 0 Å². The van der Waals surface area contributed by atoms with Crippen LogP contribution in [0, 0.1) is 6.92 Å². The van der Waals surface area contributed by atoms with Gasteiger partial charge in [-0.25, -0.2) is 4.98 Å². The van der Waals surface area contributed by atoms with Crippen LogP contribution < -0.4 is 5.73 Å². The van der Waals surface area contributed by atoms with Gasteiger partial charge in [-0.15, -0.1) is 0 Å². The van der Waals surface area contributed by atoms with E-state index in [1.807, 2.05) is 12.1 Å². The average molecular weight is 205 g/mol. The van der Waals surface area contributed by atoms with Crippen molar-refractivity contribution in [2.45, 2.75) is 13.0 Å². The third kappa shape index (κ3) is 2.00. The van der Waals surface area contributed by atoms with Crippen molar-refractivity contribution < 1.29 is 4.74 Å². The summed E-state index contributed by atoms with van der Waals surface area (Å²) in [6.45, 7) is 2.52. The molecule has 0 unspecified atom stereocenters. The highest BCUT2D eigenvalue weighted by Gasteiger charge is 2.10. The number of hydrogen-bond donors (Lipinski definition) is 2. The zero-order valence-electron chi connectivity index (χ0n) is 8.95. The molecule has 0 aliphatic heterocycles. The molecular formula is C11H15N3O. The average Bonchev–Trinajstić information content (AvgIpc) is 2.60. The summed E-state index contributed by atoms with van der Waals surface area (Å²) in [6.07, 6.45) is 0. The maximum atomic E-state index is 5.89. The Morgan fingerprint density at radius 3 is 3.07 bits per heavy atom. The first kappa shape index (κ1) is 10.1. The summed E-state index contributed by atoms with van der Waals surface area (Å²) in [4.78, 5) is 7.62. The Morgan fingerprint density at radius 2 is 2.33 bits per heavy atom. The number of nitrogens with zero attached hydrogens (tertiary/aromatic N) is 1. The molecule has 0 saturated carbocycles. The van der Waals surface area contributed by atoms with Crippen LogP contribution in [0.1, 0.15) is 17.4 Å². The number of nitrogens with one attached hydrogen (secondary N) is 1. The largest absolute Gasteiger partial charge is 0.383 e. The van der Waals surface area contributed by atoms with E-state index in [9.17, 15) is 0 Å². The van der Waals surface area contributed by atoms with Gasteiger partial charge in [0.2, 0.25) is 0 Å². The lowest BCUT2D eigenvalue weighted by Crippen LogP contribution is -2.17. The molecule has 2 rings (SSSR count). The highest BCUT2D eigenvalue weighted by molar-refractivity contribution is 5.75. The van der Waals surface area contributed by atoms with Crippen molar-refractivity contribution >= 4 is 11.0 Å². The van der Waals surface area contributed by atoms with Crippen LogP contribution in [0.15, 0.2) is 18.2 Å². The van der Waals surface area contributed by atoms with E-state index in [1.54, 1.807) is 7.11 Å². The van der Waals surface area contributed by atoms with Gasteiger partial charge >= 0.3 is 0 Å². The fourth-order valence-electron chi connectivity index (χ4n) is 1.58. The first-order valence-corrected chi connectivity index (χ1v) is 4.91. The van der Waals surface area contributed by atoms with Crippen molar-refractivity contribution in [1.82, 2.24) is 9.97 Å². The SMILES string of the molecule is COC[C@H](N)c1nc2ccc(C)cc2[nH]1. The van der Waals surface area contributed by atoms with Crippen molar-refractivity contribution in [1.29, 1.82) is 0 Å². The smallest absolute Gasteiger partial charge is 0.126 e. The first-order chi connectivity index (χ1) is 7.20. The number of benzene rings is 1. The van der Waals surface area contributed by atoms with Crippen LogP contribution in [0.4, 0.5) is 0 Å². The number of rotatable bonds is 3. The molecule has 0 fully saturated rings. The number of ether oxygens (including phenoxy) is 1. The molecule has 4 heteroatoms. The van der Waals surface area contributed by atoms with Crippen molar-refractivity contribution in [3.8, 4) is 0 Å². The predicted octanol–water partition coefficient (Wildman–Crippen LogP) is 1.52. The molecule has 0 radical (unpaired) electrons. The van der Waals surface area contributed by atoms with Crippen molar-refractivity contribution in [2.75, 3.05) is 13.7 Å². The second-order valence-corrected chi connectivity index (χ2v) is 3.70. The predicted molar refractivity (Wildman–Crippen MR) is 59.6 cm³/mol. The van der Waals surface area contributed by atoms with Crippen LogP contribution in [0.3, 0.4) is 0 Å². The van der Waals surface area contributed by atoms with E-state index in [-0.39, 0.29) is 6.04 Å². The maximum Gasteiger partial charge on any atom is 0.126 e. The van der Waals surface area contributed by atoms with E-state index in [0.717, 1.165) is 16.9 Å². The van der Waals surface area contributed by atoms with E-state index in [0.29, 0.717) is 6.61 Å². The fourth-order valence-corrected chi connectivity index (χ4v) is 1.58. The monoisotopic (exact) mass is 205 g/mol. The van der Waals surface area contributed by atoms with Gasteiger partial charge in [0.05, 0.1) is 23.7 Å². The topological polar surface area (TPSA) is 63.9 Å². The summed E-state index contributed by atoms with van der Waals surface area (Å²) >= 11 is 0. The number of aromatic amines is 1. The van der Waals surface area contributed by atoms with Gasteiger partial charge in [0.25, 0.3) is 0 Å². The fraction of sp³-hybridized carbons (Fsp3) is 0.364. The van der Waals surface area contributed by atoms with Crippen molar-refractivity contribution in [3.05, 3.63) is 29.6 Å². The lowest BCUT2D eigenvalue weighted by atomic mass is 10.2. The van der Waals surface area contributed by atoms with Gasteiger partial charge in [0.15, 0.2) is 0 Å². The number of aromatic nitrogens is 2. The van der Waals surface area contributed by atoms with Crippen molar-refractivity contribution in [3.63, 3.8) is 0 Å². The quantitative estimate of drug-likeness (QED) is 0.798. The summed E-state index contributed by atoms with van der Waals surface area (Å²) in [5.74, 6) is 0.775. The molecule has 1 atom stereocenters. The molecule has 1 heterocycles. The van der Waals surface area contributed by atoms with Crippen LogP contribution in [0.5, 0.6) is 0 Å².